The molecule has 0 saturated heterocycles. The van der Waals surface area contributed by atoms with Crippen molar-refractivity contribution in [2.45, 2.75) is 6.54 Å². The van der Waals surface area contributed by atoms with Crippen LogP contribution in [-0.4, -0.2) is 14.2 Å². The Balaban J connectivity index is 2.14. The lowest BCUT2D eigenvalue weighted by Crippen LogP contribution is -2.02. The van der Waals surface area contributed by atoms with Gasteiger partial charge in [0, 0.05) is 22.6 Å². The van der Waals surface area contributed by atoms with Crippen molar-refractivity contribution in [1.29, 1.82) is 0 Å². The predicted octanol–water partition coefficient (Wildman–Crippen LogP) is 4.73. The molecule has 0 spiro atoms. The average Bonchev–Trinajstić information content (AvgIpc) is 2.46. The highest BCUT2D eigenvalue weighted by Gasteiger charge is 2.06. The first kappa shape index (κ1) is 15.0. The number of nitrogens with one attached hydrogen (secondary N) is 1. The van der Waals surface area contributed by atoms with Gasteiger partial charge in [-0.3, -0.25) is 0 Å². The molecule has 0 unspecified atom stereocenters. The van der Waals surface area contributed by atoms with Crippen molar-refractivity contribution in [2.75, 3.05) is 19.5 Å². The molecular weight excluding hydrogens is 342 g/mol. The zero-order valence-electron chi connectivity index (χ0n) is 11.2. The van der Waals surface area contributed by atoms with Crippen LogP contribution in [0.15, 0.2) is 40.9 Å². The first-order chi connectivity index (χ1) is 9.63. The molecule has 0 bridgehead atoms. The Morgan fingerprint density at radius 1 is 1.10 bits per heavy atom. The van der Waals surface area contributed by atoms with Crippen LogP contribution in [0.3, 0.4) is 0 Å². The predicted molar refractivity (Wildman–Crippen MR) is 86.0 cm³/mol. The second kappa shape index (κ2) is 6.86. The molecule has 0 saturated carbocycles. The van der Waals surface area contributed by atoms with E-state index in [1.165, 1.54) is 0 Å². The van der Waals surface area contributed by atoms with Gasteiger partial charge in [0.25, 0.3) is 0 Å². The largest absolute Gasteiger partial charge is 0.497 e. The first-order valence-electron chi connectivity index (χ1n) is 6.04. The van der Waals surface area contributed by atoms with E-state index in [1.54, 1.807) is 14.2 Å². The molecule has 106 valence electrons. The Morgan fingerprint density at radius 3 is 2.55 bits per heavy atom. The van der Waals surface area contributed by atoms with Gasteiger partial charge in [-0.1, -0.05) is 27.5 Å². The van der Waals surface area contributed by atoms with E-state index in [4.69, 9.17) is 21.1 Å². The van der Waals surface area contributed by atoms with Gasteiger partial charge in [-0.15, -0.1) is 0 Å². The summed E-state index contributed by atoms with van der Waals surface area (Å²) in [7, 11) is 3.28. The molecular formula is C15H15BrClNO2. The number of ether oxygens (including phenoxy) is 2. The molecule has 2 rings (SSSR count). The second-order valence-corrected chi connectivity index (χ2v) is 5.48. The summed E-state index contributed by atoms with van der Waals surface area (Å²) in [6.45, 7) is 0.620. The van der Waals surface area contributed by atoms with Crippen molar-refractivity contribution in [3.63, 3.8) is 0 Å². The van der Waals surface area contributed by atoms with Crippen molar-refractivity contribution in [3.8, 4) is 11.5 Å². The van der Waals surface area contributed by atoms with Crippen molar-refractivity contribution >= 4 is 33.2 Å². The molecule has 5 heteroatoms. The Kier molecular flexibility index (Phi) is 5.15. The molecule has 0 aliphatic rings. The van der Waals surface area contributed by atoms with Gasteiger partial charge in [0.05, 0.1) is 24.9 Å². The molecule has 20 heavy (non-hydrogen) atoms. The van der Waals surface area contributed by atoms with E-state index in [2.05, 4.69) is 21.2 Å². The number of hydrogen-bond acceptors (Lipinski definition) is 3. The monoisotopic (exact) mass is 355 g/mol. The van der Waals surface area contributed by atoms with E-state index in [9.17, 15) is 0 Å². The quantitative estimate of drug-likeness (QED) is 0.840. The summed E-state index contributed by atoms with van der Waals surface area (Å²) in [6.07, 6.45) is 0. The Labute approximate surface area is 132 Å². The topological polar surface area (TPSA) is 30.5 Å². The minimum absolute atomic E-state index is 0.620. The third-order valence-corrected chi connectivity index (χ3v) is 3.70. The van der Waals surface area contributed by atoms with Crippen LogP contribution in [0.5, 0.6) is 11.5 Å². The summed E-state index contributed by atoms with van der Waals surface area (Å²) in [5, 5.41) is 3.97. The fourth-order valence-corrected chi connectivity index (χ4v) is 2.56. The summed E-state index contributed by atoms with van der Waals surface area (Å²) in [6, 6.07) is 11.5. The Bertz CT molecular complexity index is 604. The van der Waals surface area contributed by atoms with Crippen molar-refractivity contribution in [3.05, 3.63) is 51.5 Å². The lowest BCUT2D eigenvalue weighted by Gasteiger charge is -2.13. The molecule has 0 aromatic heterocycles. The van der Waals surface area contributed by atoms with Gasteiger partial charge in [-0.2, -0.15) is 0 Å². The molecule has 3 nitrogen and oxygen atoms in total. The van der Waals surface area contributed by atoms with E-state index in [0.29, 0.717) is 11.6 Å². The van der Waals surface area contributed by atoms with E-state index < -0.39 is 0 Å². The number of hydrogen-bond donors (Lipinski definition) is 1. The average molecular weight is 357 g/mol. The van der Waals surface area contributed by atoms with Gasteiger partial charge in [-0.25, -0.2) is 0 Å². The van der Waals surface area contributed by atoms with Crippen molar-refractivity contribution in [1.82, 2.24) is 0 Å². The normalized spacial score (nSPS) is 10.2. The number of halogens is 2. The summed E-state index contributed by atoms with van der Waals surface area (Å²) in [5.41, 5.74) is 1.92. The smallest absolute Gasteiger partial charge is 0.127 e. The van der Waals surface area contributed by atoms with Crippen LogP contribution >= 0.6 is 27.5 Å². The minimum atomic E-state index is 0.620. The molecule has 0 heterocycles. The first-order valence-corrected chi connectivity index (χ1v) is 7.21. The van der Waals surface area contributed by atoms with Crippen LogP contribution in [0.4, 0.5) is 5.69 Å². The Hall–Kier alpha value is -1.39. The lowest BCUT2D eigenvalue weighted by molar-refractivity contribution is 0.391. The van der Waals surface area contributed by atoms with Gasteiger partial charge < -0.3 is 14.8 Å². The van der Waals surface area contributed by atoms with Gasteiger partial charge in [-0.05, 0) is 30.3 Å². The summed E-state index contributed by atoms with van der Waals surface area (Å²) >= 11 is 9.56. The maximum absolute atomic E-state index is 6.17. The number of rotatable bonds is 5. The van der Waals surface area contributed by atoms with Crippen LogP contribution in [-0.2, 0) is 6.54 Å². The highest BCUT2D eigenvalue weighted by Crippen LogP contribution is 2.28. The third kappa shape index (κ3) is 3.58. The highest BCUT2D eigenvalue weighted by atomic mass is 79.9. The molecule has 0 amide bonds. The number of benzene rings is 2. The van der Waals surface area contributed by atoms with Crippen LogP contribution in [0.1, 0.15) is 5.56 Å². The second-order valence-electron chi connectivity index (χ2n) is 4.16. The number of methoxy groups -OCH3 is 2. The Morgan fingerprint density at radius 2 is 1.90 bits per heavy atom. The molecule has 0 aliphatic carbocycles. The molecule has 0 aliphatic heterocycles. The molecule has 0 atom stereocenters. The van der Waals surface area contributed by atoms with Gasteiger partial charge >= 0.3 is 0 Å². The summed E-state index contributed by atoms with van der Waals surface area (Å²) in [4.78, 5) is 0. The molecule has 2 aromatic carbocycles. The van der Waals surface area contributed by atoms with Crippen LogP contribution in [0.25, 0.3) is 0 Å². The number of anilines is 1. The molecule has 1 N–H and O–H groups in total. The van der Waals surface area contributed by atoms with Gasteiger partial charge in [0.1, 0.15) is 11.5 Å². The standard InChI is InChI=1S/C15H15BrClNO2/c1-19-12-5-3-10(15(8-12)20-2)9-18-14-6-4-11(16)7-13(14)17/h3-8,18H,9H2,1-2H3. The molecule has 0 fully saturated rings. The molecule has 0 radical (unpaired) electrons. The zero-order valence-corrected chi connectivity index (χ0v) is 13.6. The lowest BCUT2D eigenvalue weighted by atomic mass is 10.2. The van der Waals surface area contributed by atoms with E-state index in [0.717, 1.165) is 27.2 Å². The maximum atomic E-state index is 6.17. The zero-order chi connectivity index (χ0) is 14.5. The van der Waals surface area contributed by atoms with Crippen LogP contribution in [0.2, 0.25) is 5.02 Å². The molecule has 2 aromatic rings. The van der Waals surface area contributed by atoms with Gasteiger partial charge in [0.2, 0.25) is 0 Å². The fourth-order valence-electron chi connectivity index (χ4n) is 1.82. The van der Waals surface area contributed by atoms with Crippen LogP contribution in [0, 0.1) is 0 Å². The van der Waals surface area contributed by atoms with Crippen LogP contribution < -0.4 is 14.8 Å². The summed E-state index contributed by atoms with van der Waals surface area (Å²) in [5.74, 6) is 1.55. The van der Waals surface area contributed by atoms with E-state index in [1.807, 2.05) is 36.4 Å². The highest BCUT2D eigenvalue weighted by molar-refractivity contribution is 9.10. The van der Waals surface area contributed by atoms with Gasteiger partial charge in [0.15, 0.2) is 0 Å². The summed E-state index contributed by atoms with van der Waals surface area (Å²) < 4.78 is 11.5. The third-order valence-electron chi connectivity index (χ3n) is 2.89. The van der Waals surface area contributed by atoms with E-state index >= 15 is 0 Å². The van der Waals surface area contributed by atoms with Crippen molar-refractivity contribution in [2.24, 2.45) is 0 Å². The van der Waals surface area contributed by atoms with Crippen molar-refractivity contribution < 1.29 is 9.47 Å². The SMILES string of the molecule is COc1ccc(CNc2ccc(Br)cc2Cl)c(OC)c1. The maximum Gasteiger partial charge on any atom is 0.127 e. The van der Waals surface area contributed by atoms with E-state index in [-0.39, 0.29) is 0 Å². The fraction of sp³-hybridized carbons (Fsp3) is 0.200. The minimum Gasteiger partial charge on any atom is -0.497 e.